The average Bonchev–Trinajstić information content (AvgIpc) is 2.83. The second kappa shape index (κ2) is 8.24. The monoisotopic (exact) mass is 333 g/mol. The van der Waals surface area contributed by atoms with Gasteiger partial charge in [0, 0.05) is 24.5 Å². The van der Waals surface area contributed by atoms with E-state index in [9.17, 15) is 8.42 Å². The van der Waals surface area contributed by atoms with Gasteiger partial charge in [-0.05, 0) is 45.1 Å². The van der Waals surface area contributed by atoms with E-state index < -0.39 is 10.0 Å². The van der Waals surface area contributed by atoms with E-state index in [1.54, 1.807) is 10.4 Å². The van der Waals surface area contributed by atoms with Crippen LogP contribution in [0.25, 0.3) is 0 Å². The molecule has 0 saturated heterocycles. The molecule has 0 bridgehead atoms. The summed E-state index contributed by atoms with van der Waals surface area (Å²) in [5, 5.41) is 0. The Balaban J connectivity index is 2.95. The van der Waals surface area contributed by atoms with E-state index in [0.29, 0.717) is 36.3 Å². The highest BCUT2D eigenvalue weighted by Crippen LogP contribution is 2.25. The molecule has 0 aliphatic heterocycles. The van der Waals surface area contributed by atoms with Crippen LogP contribution in [0.2, 0.25) is 0 Å². The van der Waals surface area contributed by atoms with Crippen molar-refractivity contribution in [2.45, 2.75) is 24.5 Å². The van der Waals surface area contributed by atoms with Crippen molar-refractivity contribution in [3.8, 4) is 0 Å². The summed E-state index contributed by atoms with van der Waals surface area (Å²) < 4.78 is 27.6. The lowest BCUT2D eigenvalue weighted by Gasteiger charge is -2.24. The van der Waals surface area contributed by atoms with Gasteiger partial charge in [0.25, 0.3) is 10.0 Å². The fourth-order valence-electron chi connectivity index (χ4n) is 1.93. The highest BCUT2D eigenvalue weighted by Gasteiger charge is 2.26. The Morgan fingerprint density at radius 3 is 2.43 bits per heavy atom. The number of nitrogens with two attached hydrogens (primary N) is 1. The third-order valence-electron chi connectivity index (χ3n) is 2.99. The lowest BCUT2D eigenvalue weighted by atomic mass is 10.2. The maximum Gasteiger partial charge on any atom is 0.252 e. The van der Waals surface area contributed by atoms with Crippen molar-refractivity contribution in [2.24, 2.45) is 11.7 Å². The average molecular weight is 334 g/mol. The number of rotatable bonds is 9. The van der Waals surface area contributed by atoms with Gasteiger partial charge in [0.1, 0.15) is 4.21 Å². The Bertz CT molecular complexity index is 524. The number of nitrogens with zero attached hydrogens (tertiary/aromatic N) is 2. The lowest BCUT2D eigenvalue weighted by molar-refractivity contribution is 0.313. The first-order valence-electron chi connectivity index (χ1n) is 7.21. The number of thiophene rings is 1. The van der Waals surface area contributed by atoms with Crippen LogP contribution in [0, 0.1) is 5.92 Å². The number of hydrogen-bond donors (Lipinski definition) is 1. The zero-order valence-electron chi connectivity index (χ0n) is 13.4. The van der Waals surface area contributed by atoms with E-state index in [1.165, 1.54) is 11.3 Å². The third-order valence-corrected chi connectivity index (χ3v) is 6.46. The van der Waals surface area contributed by atoms with Crippen molar-refractivity contribution in [3.05, 3.63) is 17.0 Å². The van der Waals surface area contributed by atoms with Crippen LogP contribution in [-0.4, -0.2) is 57.9 Å². The first-order valence-corrected chi connectivity index (χ1v) is 9.46. The molecule has 0 aliphatic rings. The molecule has 1 rings (SSSR count). The standard InChI is InChI=1S/C14H27N3O2S2/c1-12(2)11-17(10-9-16(3)4)21(18,19)14-6-5-13(20-14)7-8-15/h5-6,12H,7-11,15H2,1-4H3. The van der Waals surface area contributed by atoms with E-state index in [2.05, 4.69) is 0 Å². The van der Waals surface area contributed by atoms with Gasteiger partial charge in [0.15, 0.2) is 0 Å². The Morgan fingerprint density at radius 1 is 1.24 bits per heavy atom. The summed E-state index contributed by atoms with van der Waals surface area (Å²) in [4.78, 5) is 3.02. The Kier molecular flexibility index (Phi) is 7.29. The first-order chi connectivity index (χ1) is 9.77. The highest BCUT2D eigenvalue weighted by atomic mass is 32.2. The fourth-order valence-corrected chi connectivity index (χ4v) is 5.05. The molecule has 2 N–H and O–H groups in total. The van der Waals surface area contributed by atoms with Gasteiger partial charge in [0.2, 0.25) is 0 Å². The van der Waals surface area contributed by atoms with Crippen molar-refractivity contribution in [1.82, 2.24) is 9.21 Å². The molecule has 0 atom stereocenters. The topological polar surface area (TPSA) is 66.6 Å². The molecule has 1 aromatic heterocycles. The summed E-state index contributed by atoms with van der Waals surface area (Å²) in [6.45, 7) is 6.38. The minimum atomic E-state index is -3.40. The number of hydrogen-bond acceptors (Lipinski definition) is 5. The maximum absolute atomic E-state index is 12.8. The molecule has 0 amide bonds. The van der Waals surface area contributed by atoms with Crippen LogP contribution in [0.4, 0.5) is 0 Å². The van der Waals surface area contributed by atoms with Crippen LogP contribution in [0.1, 0.15) is 18.7 Å². The molecular weight excluding hydrogens is 306 g/mol. The van der Waals surface area contributed by atoms with E-state index in [-0.39, 0.29) is 0 Å². The molecule has 1 heterocycles. The normalized spacial score (nSPS) is 12.8. The fraction of sp³-hybridized carbons (Fsp3) is 0.714. The van der Waals surface area contributed by atoms with Crippen molar-refractivity contribution >= 4 is 21.4 Å². The van der Waals surface area contributed by atoms with Gasteiger partial charge < -0.3 is 10.6 Å². The van der Waals surface area contributed by atoms with Crippen molar-refractivity contribution in [3.63, 3.8) is 0 Å². The minimum absolute atomic E-state index is 0.297. The second-order valence-electron chi connectivity index (χ2n) is 5.82. The number of sulfonamides is 1. The first kappa shape index (κ1) is 18.6. The molecule has 122 valence electrons. The van der Waals surface area contributed by atoms with Gasteiger partial charge in [-0.2, -0.15) is 4.31 Å². The summed E-state index contributed by atoms with van der Waals surface area (Å²) in [5.74, 6) is 0.297. The largest absolute Gasteiger partial charge is 0.330 e. The third kappa shape index (κ3) is 5.67. The molecule has 0 aromatic carbocycles. The summed E-state index contributed by atoms with van der Waals surface area (Å²) >= 11 is 1.33. The lowest BCUT2D eigenvalue weighted by Crippen LogP contribution is -2.38. The molecule has 0 aliphatic carbocycles. The number of likely N-dealkylation sites (N-methyl/N-ethyl adjacent to an activating group) is 1. The van der Waals surface area contributed by atoms with Gasteiger partial charge in [-0.25, -0.2) is 8.42 Å². The van der Waals surface area contributed by atoms with Crippen LogP contribution < -0.4 is 5.73 Å². The van der Waals surface area contributed by atoms with Crippen LogP contribution in [0.3, 0.4) is 0 Å². The maximum atomic E-state index is 12.8. The summed E-state index contributed by atoms with van der Waals surface area (Å²) in [6.07, 6.45) is 0.724. The predicted octanol–water partition coefficient (Wildman–Crippen LogP) is 1.46. The SMILES string of the molecule is CC(C)CN(CCN(C)C)S(=O)(=O)c1ccc(CCN)s1. The van der Waals surface area contributed by atoms with Gasteiger partial charge in [-0.3, -0.25) is 0 Å². The van der Waals surface area contributed by atoms with E-state index in [1.807, 2.05) is 38.9 Å². The molecule has 7 heteroatoms. The minimum Gasteiger partial charge on any atom is -0.330 e. The molecule has 0 radical (unpaired) electrons. The van der Waals surface area contributed by atoms with Crippen molar-refractivity contribution in [1.29, 1.82) is 0 Å². The van der Waals surface area contributed by atoms with Crippen LogP contribution in [0.15, 0.2) is 16.3 Å². The molecule has 0 unspecified atom stereocenters. The van der Waals surface area contributed by atoms with Crippen molar-refractivity contribution < 1.29 is 8.42 Å². The molecule has 0 saturated carbocycles. The molecule has 1 aromatic rings. The zero-order chi connectivity index (χ0) is 16.0. The van der Waals surface area contributed by atoms with Gasteiger partial charge in [-0.1, -0.05) is 13.8 Å². The van der Waals surface area contributed by atoms with E-state index >= 15 is 0 Å². The molecule has 21 heavy (non-hydrogen) atoms. The van der Waals surface area contributed by atoms with Gasteiger partial charge >= 0.3 is 0 Å². The highest BCUT2D eigenvalue weighted by molar-refractivity contribution is 7.91. The Labute approximate surface area is 132 Å². The summed E-state index contributed by atoms with van der Waals surface area (Å²) in [7, 11) is 0.493. The molecule has 0 spiro atoms. The molecular formula is C14H27N3O2S2. The van der Waals surface area contributed by atoms with Crippen LogP contribution in [0.5, 0.6) is 0 Å². The Hall–Kier alpha value is -0.470. The zero-order valence-corrected chi connectivity index (χ0v) is 15.0. The Morgan fingerprint density at radius 2 is 1.90 bits per heavy atom. The van der Waals surface area contributed by atoms with E-state index in [4.69, 9.17) is 5.73 Å². The van der Waals surface area contributed by atoms with Crippen LogP contribution >= 0.6 is 11.3 Å². The second-order valence-corrected chi connectivity index (χ2v) is 9.15. The van der Waals surface area contributed by atoms with Crippen molar-refractivity contribution in [2.75, 3.05) is 40.3 Å². The van der Waals surface area contributed by atoms with E-state index in [0.717, 1.165) is 11.3 Å². The summed E-state index contributed by atoms with van der Waals surface area (Å²) in [5.41, 5.74) is 5.53. The predicted molar refractivity (Wildman–Crippen MR) is 89.2 cm³/mol. The quantitative estimate of drug-likeness (QED) is 0.743. The molecule has 0 fully saturated rings. The summed E-state index contributed by atoms with van der Waals surface area (Å²) in [6, 6.07) is 3.57. The van der Waals surface area contributed by atoms with Gasteiger partial charge in [-0.15, -0.1) is 11.3 Å². The van der Waals surface area contributed by atoms with Crippen LogP contribution in [-0.2, 0) is 16.4 Å². The van der Waals surface area contributed by atoms with Gasteiger partial charge in [0.05, 0.1) is 0 Å². The molecule has 5 nitrogen and oxygen atoms in total. The smallest absolute Gasteiger partial charge is 0.252 e.